The number of benzene rings is 2. The van der Waals surface area contributed by atoms with Crippen molar-refractivity contribution >= 4 is 27.5 Å². The van der Waals surface area contributed by atoms with E-state index in [2.05, 4.69) is 34.8 Å². The van der Waals surface area contributed by atoms with Crippen LogP contribution in [0.3, 0.4) is 0 Å². The fraction of sp³-hybridized carbons (Fsp3) is 0.381. The third-order valence-electron chi connectivity index (χ3n) is 4.57. The van der Waals surface area contributed by atoms with Gasteiger partial charge >= 0.3 is 0 Å². The molecule has 1 N–H and O–H groups in total. The summed E-state index contributed by atoms with van der Waals surface area (Å²) in [6, 6.07) is 11.9. The van der Waals surface area contributed by atoms with E-state index in [0.29, 0.717) is 12.5 Å². The molecule has 0 saturated heterocycles. The van der Waals surface area contributed by atoms with E-state index in [1.165, 1.54) is 0 Å². The number of rotatable bonds is 4. The summed E-state index contributed by atoms with van der Waals surface area (Å²) in [6.45, 7) is 6.71. The Morgan fingerprint density at radius 2 is 1.85 bits per heavy atom. The van der Waals surface area contributed by atoms with Gasteiger partial charge in [-0.1, -0.05) is 28.1 Å². The van der Waals surface area contributed by atoms with E-state index < -0.39 is 6.10 Å². The maximum Gasteiger partial charge on any atom is 0.216 e. The highest BCUT2D eigenvalue weighted by molar-refractivity contribution is 9.10. The summed E-state index contributed by atoms with van der Waals surface area (Å²) in [5.41, 5.74) is 4.59. The Morgan fingerprint density at radius 3 is 2.38 bits per heavy atom. The van der Waals surface area contributed by atoms with E-state index in [9.17, 15) is 5.11 Å². The molecule has 3 rings (SSSR count). The fourth-order valence-electron chi connectivity index (χ4n) is 3.03. The number of aryl methyl sites for hydroxylation is 1. The van der Waals surface area contributed by atoms with E-state index in [1.54, 1.807) is 0 Å². The molecule has 2 aromatic rings. The molecule has 138 valence electrons. The number of aliphatic hydroxyl groups excluding tert-OH is 1. The molecule has 0 fully saturated rings. The zero-order valence-electron chi connectivity index (χ0n) is 15.9. The Kier molecular flexibility index (Phi) is 5.13. The first-order valence-electron chi connectivity index (χ1n) is 8.66. The predicted molar refractivity (Wildman–Crippen MR) is 110 cm³/mol. The highest BCUT2D eigenvalue weighted by Gasteiger charge is 2.27. The van der Waals surface area contributed by atoms with Crippen LogP contribution in [0.25, 0.3) is 0 Å². The predicted octanol–water partition coefficient (Wildman–Crippen LogP) is 4.46. The number of hydrogen-bond acceptors (Lipinski definition) is 4. The molecule has 0 amide bonds. The number of aliphatic imine (C=N–C) groups is 1. The molecule has 5 heteroatoms. The van der Waals surface area contributed by atoms with Gasteiger partial charge in [0, 0.05) is 29.8 Å². The number of nitrogens with zero attached hydrogens (tertiary/aromatic N) is 2. The lowest BCUT2D eigenvalue weighted by molar-refractivity contribution is 0.219. The number of halogens is 1. The third-order valence-corrected chi connectivity index (χ3v) is 5.26. The average Bonchev–Trinajstić information content (AvgIpc) is 2.94. The molecule has 0 saturated carbocycles. The van der Waals surface area contributed by atoms with Crippen molar-refractivity contribution in [3.63, 3.8) is 0 Å². The summed E-state index contributed by atoms with van der Waals surface area (Å²) >= 11 is 3.59. The zero-order valence-corrected chi connectivity index (χ0v) is 17.5. The molecular weight excluding hydrogens is 392 g/mol. The second kappa shape index (κ2) is 7.05. The van der Waals surface area contributed by atoms with Crippen LogP contribution in [-0.4, -0.2) is 37.2 Å². The van der Waals surface area contributed by atoms with Crippen molar-refractivity contribution < 1.29 is 9.84 Å². The first-order valence-corrected chi connectivity index (χ1v) is 9.46. The van der Waals surface area contributed by atoms with Crippen molar-refractivity contribution in [2.45, 2.75) is 32.4 Å². The van der Waals surface area contributed by atoms with E-state index in [-0.39, 0.29) is 5.54 Å². The van der Waals surface area contributed by atoms with Crippen LogP contribution in [0.5, 0.6) is 0 Å². The molecule has 2 aromatic carbocycles. The molecule has 0 aromatic heterocycles. The van der Waals surface area contributed by atoms with E-state index in [0.717, 1.165) is 32.4 Å². The van der Waals surface area contributed by atoms with Gasteiger partial charge in [0.25, 0.3) is 0 Å². The van der Waals surface area contributed by atoms with Gasteiger partial charge in [0.05, 0.1) is 5.54 Å². The Bertz CT molecular complexity index is 859. The van der Waals surface area contributed by atoms with Crippen LogP contribution in [-0.2, 0) is 4.74 Å². The highest BCUT2D eigenvalue weighted by atomic mass is 79.9. The van der Waals surface area contributed by atoms with Crippen LogP contribution in [0.2, 0.25) is 0 Å². The van der Waals surface area contributed by atoms with Gasteiger partial charge in [-0.05, 0) is 61.7 Å². The normalized spacial score (nSPS) is 16.8. The van der Waals surface area contributed by atoms with Crippen molar-refractivity contribution in [1.82, 2.24) is 0 Å². The van der Waals surface area contributed by atoms with Gasteiger partial charge in [-0.25, -0.2) is 4.99 Å². The Balaban J connectivity index is 1.90. The minimum Gasteiger partial charge on any atom is -0.475 e. The van der Waals surface area contributed by atoms with Crippen molar-refractivity contribution in [1.29, 1.82) is 0 Å². The van der Waals surface area contributed by atoms with Crippen LogP contribution >= 0.6 is 15.9 Å². The van der Waals surface area contributed by atoms with Crippen molar-refractivity contribution in [2.24, 2.45) is 4.99 Å². The topological polar surface area (TPSA) is 45.1 Å². The lowest BCUT2D eigenvalue weighted by Gasteiger charge is -2.19. The van der Waals surface area contributed by atoms with Gasteiger partial charge in [0.1, 0.15) is 12.7 Å². The molecule has 1 heterocycles. The van der Waals surface area contributed by atoms with Crippen molar-refractivity contribution in [3.8, 4) is 0 Å². The molecule has 1 aliphatic rings. The first kappa shape index (κ1) is 18.9. The van der Waals surface area contributed by atoms with E-state index in [4.69, 9.17) is 4.74 Å². The summed E-state index contributed by atoms with van der Waals surface area (Å²) < 4.78 is 6.62. The highest BCUT2D eigenvalue weighted by Crippen LogP contribution is 2.33. The second-order valence-electron chi connectivity index (χ2n) is 7.59. The Labute approximate surface area is 163 Å². The van der Waals surface area contributed by atoms with Crippen molar-refractivity contribution in [2.75, 3.05) is 25.6 Å². The molecule has 1 unspecified atom stereocenters. The molecule has 0 radical (unpaired) electrons. The summed E-state index contributed by atoms with van der Waals surface area (Å²) in [6.07, 6.45) is -0.697. The fourth-order valence-corrected chi connectivity index (χ4v) is 3.61. The maximum absolute atomic E-state index is 10.9. The van der Waals surface area contributed by atoms with Gasteiger partial charge in [-0.2, -0.15) is 0 Å². The molecular formula is C21H25BrN2O2. The van der Waals surface area contributed by atoms with Gasteiger partial charge in [-0.15, -0.1) is 0 Å². The van der Waals surface area contributed by atoms with E-state index >= 15 is 0 Å². The first-order chi connectivity index (χ1) is 12.2. The molecule has 1 aliphatic heterocycles. The van der Waals surface area contributed by atoms with Gasteiger partial charge in [-0.3, -0.25) is 0 Å². The smallest absolute Gasteiger partial charge is 0.216 e. The summed E-state index contributed by atoms with van der Waals surface area (Å²) in [5, 5.41) is 10.9. The van der Waals surface area contributed by atoms with E-state index in [1.807, 2.05) is 62.3 Å². The molecule has 0 bridgehead atoms. The lowest BCUT2D eigenvalue weighted by Crippen LogP contribution is -2.17. The van der Waals surface area contributed by atoms with Gasteiger partial charge in [0.2, 0.25) is 5.90 Å². The zero-order chi connectivity index (χ0) is 19.1. The quantitative estimate of drug-likeness (QED) is 0.799. The molecule has 0 aliphatic carbocycles. The standard InChI is InChI=1S/C21H25BrN2O2/c1-13-10-14(20-23-21(2,3)12-26-20)6-8-16(13)19(25)17-9-7-15(24(4)5)11-18(17)22/h6-11,19,25H,12H2,1-5H3. The molecule has 26 heavy (non-hydrogen) atoms. The Morgan fingerprint density at radius 1 is 1.15 bits per heavy atom. The number of anilines is 1. The summed E-state index contributed by atoms with van der Waals surface area (Å²) in [5.74, 6) is 0.677. The SMILES string of the molecule is Cc1cc(C2=NC(C)(C)CO2)ccc1C(O)c1ccc(N(C)C)cc1Br. The van der Waals surface area contributed by atoms with Crippen LogP contribution in [0.15, 0.2) is 45.9 Å². The number of aliphatic hydroxyl groups is 1. The number of ether oxygens (including phenoxy) is 1. The van der Waals surface area contributed by atoms with Crippen LogP contribution < -0.4 is 4.90 Å². The van der Waals surface area contributed by atoms with Crippen LogP contribution in [0, 0.1) is 6.92 Å². The largest absolute Gasteiger partial charge is 0.475 e. The van der Waals surface area contributed by atoms with Crippen LogP contribution in [0.1, 0.15) is 42.2 Å². The molecule has 4 nitrogen and oxygen atoms in total. The minimum atomic E-state index is -0.697. The lowest BCUT2D eigenvalue weighted by atomic mass is 9.95. The summed E-state index contributed by atoms with van der Waals surface area (Å²) in [7, 11) is 3.99. The summed E-state index contributed by atoms with van der Waals surface area (Å²) in [4.78, 5) is 6.66. The van der Waals surface area contributed by atoms with Gasteiger partial charge < -0.3 is 14.7 Å². The van der Waals surface area contributed by atoms with Gasteiger partial charge in [0.15, 0.2) is 0 Å². The maximum atomic E-state index is 10.9. The monoisotopic (exact) mass is 416 g/mol. The van der Waals surface area contributed by atoms with Crippen LogP contribution in [0.4, 0.5) is 5.69 Å². The molecule has 1 atom stereocenters. The number of hydrogen-bond donors (Lipinski definition) is 1. The van der Waals surface area contributed by atoms with Crippen molar-refractivity contribution in [3.05, 3.63) is 63.1 Å². The molecule has 0 spiro atoms. The Hall–Kier alpha value is -1.85. The third kappa shape index (κ3) is 3.79. The minimum absolute atomic E-state index is 0.180. The second-order valence-corrected chi connectivity index (χ2v) is 8.45. The average molecular weight is 417 g/mol.